The Balaban J connectivity index is 3.78. The number of H-pyrrole nitrogens is 1. The van der Waals surface area contributed by atoms with Crippen LogP contribution in [0.2, 0.25) is 0 Å². The third kappa shape index (κ3) is 0.971. The van der Waals surface area contributed by atoms with Crippen LogP contribution in [-0.2, 0) is 0 Å². The number of hydrogen-bond acceptors (Lipinski definition) is 4. The normalized spacial score (nSPS) is 9.33. The monoisotopic (exact) mass is 166 g/mol. The van der Waals surface area contributed by atoms with Gasteiger partial charge in [-0.2, -0.15) is 5.26 Å². The molecular formula is C6H6N4O2. The van der Waals surface area contributed by atoms with Crippen molar-refractivity contribution >= 4 is 0 Å². The molecule has 62 valence electrons. The molecule has 1 heterocycles. The third-order valence-corrected chi connectivity index (χ3v) is 1.50. The molecule has 0 aliphatic carbocycles. The van der Waals surface area contributed by atoms with Crippen LogP contribution in [0.5, 0.6) is 0 Å². The van der Waals surface area contributed by atoms with Crippen molar-refractivity contribution in [3.63, 3.8) is 0 Å². The molecule has 12 heavy (non-hydrogen) atoms. The fraction of sp³-hybridized carbons (Fsp3) is 0.167. The zero-order valence-electron chi connectivity index (χ0n) is 6.29. The van der Waals surface area contributed by atoms with Gasteiger partial charge in [0.15, 0.2) is 0 Å². The zero-order valence-corrected chi connectivity index (χ0v) is 6.29. The minimum atomic E-state index is -0.725. The van der Waals surface area contributed by atoms with Gasteiger partial charge in [0.2, 0.25) is 0 Å². The first-order valence-electron chi connectivity index (χ1n) is 3.09. The molecule has 0 aliphatic heterocycles. The van der Waals surface area contributed by atoms with E-state index < -0.39 is 11.2 Å². The quantitative estimate of drug-likeness (QED) is 0.454. The molecule has 0 aliphatic rings. The number of nitrogens with one attached hydrogen (secondary N) is 1. The summed E-state index contributed by atoms with van der Waals surface area (Å²) in [6.07, 6.45) is 0. The van der Waals surface area contributed by atoms with Crippen LogP contribution in [0.4, 0.5) is 0 Å². The van der Waals surface area contributed by atoms with Gasteiger partial charge < -0.3 is 5.84 Å². The summed E-state index contributed by atoms with van der Waals surface area (Å²) in [6.45, 7) is 1.43. The number of nitriles is 1. The summed E-state index contributed by atoms with van der Waals surface area (Å²) in [5.74, 6) is 5.21. The Labute approximate surface area is 66.8 Å². The van der Waals surface area contributed by atoms with Crippen LogP contribution in [-0.4, -0.2) is 9.66 Å². The zero-order chi connectivity index (χ0) is 9.30. The van der Waals surface area contributed by atoms with Crippen molar-refractivity contribution in [2.45, 2.75) is 6.92 Å². The van der Waals surface area contributed by atoms with Crippen LogP contribution in [0.15, 0.2) is 9.59 Å². The highest BCUT2D eigenvalue weighted by molar-refractivity contribution is 5.29. The Bertz CT molecular complexity index is 462. The summed E-state index contributed by atoms with van der Waals surface area (Å²) in [7, 11) is 0. The van der Waals surface area contributed by atoms with Gasteiger partial charge in [-0.15, -0.1) is 0 Å². The maximum Gasteiger partial charge on any atom is 0.346 e. The van der Waals surface area contributed by atoms with Crippen molar-refractivity contribution < 1.29 is 0 Å². The van der Waals surface area contributed by atoms with Crippen molar-refractivity contribution in [3.8, 4) is 6.07 Å². The molecule has 0 amide bonds. The highest BCUT2D eigenvalue weighted by Crippen LogP contribution is 1.91. The van der Waals surface area contributed by atoms with Crippen LogP contribution >= 0.6 is 0 Å². The average Bonchev–Trinajstić information content (AvgIpc) is 2.01. The molecule has 1 aromatic rings. The predicted octanol–water partition coefficient (Wildman–Crippen LogP) is -1.57. The summed E-state index contributed by atoms with van der Waals surface area (Å²) in [5.41, 5.74) is -1.42. The smallest absolute Gasteiger partial charge is 0.335 e. The Morgan fingerprint density at radius 1 is 1.58 bits per heavy atom. The summed E-state index contributed by atoms with van der Waals surface area (Å²) >= 11 is 0. The molecule has 1 aromatic heterocycles. The molecular weight excluding hydrogens is 160 g/mol. The number of nitrogens with two attached hydrogens (primary N) is 1. The van der Waals surface area contributed by atoms with E-state index in [1.807, 2.05) is 4.98 Å². The summed E-state index contributed by atoms with van der Waals surface area (Å²) < 4.78 is 0.722. The molecule has 0 saturated carbocycles. The lowest BCUT2D eigenvalue weighted by molar-refractivity contribution is 0.812. The second kappa shape index (κ2) is 2.54. The molecule has 1 rings (SSSR count). The molecule has 6 nitrogen and oxygen atoms in total. The maximum atomic E-state index is 10.9. The SMILES string of the molecule is Cc1c(C#N)c(=O)[nH]c(=O)n1N. The van der Waals surface area contributed by atoms with Crippen LogP contribution in [0.3, 0.4) is 0 Å². The average molecular weight is 166 g/mol. The van der Waals surface area contributed by atoms with Crippen molar-refractivity contribution in [3.05, 3.63) is 32.1 Å². The van der Waals surface area contributed by atoms with E-state index in [4.69, 9.17) is 11.1 Å². The maximum absolute atomic E-state index is 10.9. The van der Waals surface area contributed by atoms with Gasteiger partial charge >= 0.3 is 5.69 Å². The van der Waals surface area contributed by atoms with E-state index in [0.29, 0.717) is 0 Å². The molecule has 0 saturated heterocycles. The van der Waals surface area contributed by atoms with Gasteiger partial charge in [-0.1, -0.05) is 0 Å². The van der Waals surface area contributed by atoms with Crippen molar-refractivity contribution in [1.29, 1.82) is 5.26 Å². The number of aromatic nitrogens is 2. The van der Waals surface area contributed by atoms with Gasteiger partial charge in [-0.3, -0.25) is 9.78 Å². The Hall–Kier alpha value is -2.03. The van der Waals surface area contributed by atoms with Gasteiger partial charge in [0, 0.05) is 0 Å². The molecule has 0 fully saturated rings. The van der Waals surface area contributed by atoms with Crippen LogP contribution in [0.25, 0.3) is 0 Å². The van der Waals surface area contributed by atoms with Crippen molar-refractivity contribution in [2.75, 3.05) is 5.84 Å². The Morgan fingerprint density at radius 3 is 2.67 bits per heavy atom. The van der Waals surface area contributed by atoms with E-state index in [-0.39, 0.29) is 11.3 Å². The Kier molecular flexibility index (Phi) is 1.71. The summed E-state index contributed by atoms with van der Waals surface area (Å²) in [5, 5.41) is 8.47. The minimum absolute atomic E-state index is 0.142. The van der Waals surface area contributed by atoms with Crippen LogP contribution in [0.1, 0.15) is 11.3 Å². The van der Waals surface area contributed by atoms with Crippen LogP contribution < -0.4 is 17.1 Å². The van der Waals surface area contributed by atoms with Gasteiger partial charge in [0.05, 0.1) is 5.69 Å². The molecule has 6 heteroatoms. The van der Waals surface area contributed by atoms with E-state index in [9.17, 15) is 9.59 Å². The van der Waals surface area contributed by atoms with Gasteiger partial charge in [-0.25, -0.2) is 9.47 Å². The summed E-state index contributed by atoms with van der Waals surface area (Å²) in [4.78, 5) is 23.6. The number of nitrogens with zero attached hydrogens (tertiary/aromatic N) is 2. The predicted molar refractivity (Wildman–Crippen MR) is 40.9 cm³/mol. The lowest BCUT2D eigenvalue weighted by atomic mass is 10.3. The van der Waals surface area contributed by atoms with Gasteiger partial charge in [0.25, 0.3) is 5.56 Å². The second-order valence-corrected chi connectivity index (χ2v) is 2.20. The lowest BCUT2D eigenvalue weighted by Crippen LogP contribution is -2.37. The molecule has 0 unspecified atom stereocenters. The van der Waals surface area contributed by atoms with E-state index in [1.165, 1.54) is 6.92 Å². The standard InChI is InChI=1S/C6H6N4O2/c1-3-4(2-7)5(11)9-6(12)10(3)8/h8H2,1H3,(H,9,11,12). The van der Waals surface area contributed by atoms with E-state index in [2.05, 4.69) is 0 Å². The fourth-order valence-corrected chi connectivity index (χ4v) is 0.789. The molecule has 3 N–H and O–H groups in total. The first-order chi connectivity index (χ1) is 5.57. The number of aromatic amines is 1. The third-order valence-electron chi connectivity index (χ3n) is 1.50. The first kappa shape index (κ1) is 8.07. The largest absolute Gasteiger partial charge is 0.346 e. The van der Waals surface area contributed by atoms with Crippen LogP contribution in [0, 0.1) is 18.3 Å². The highest BCUT2D eigenvalue weighted by atomic mass is 16.2. The molecule has 0 radical (unpaired) electrons. The number of nitrogen functional groups attached to an aromatic ring is 1. The number of rotatable bonds is 0. The van der Waals surface area contributed by atoms with Gasteiger partial charge in [0.1, 0.15) is 11.6 Å². The molecule has 0 spiro atoms. The van der Waals surface area contributed by atoms with E-state index in [1.54, 1.807) is 6.07 Å². The summed E-state index contributed by atoms with van der Waals surface area (Å²) in [6, 6.07) is 1.65. The van der Waals surface area contributed by atoms with E-state index in [0.717, 1.165) is 4.68 Å². The lowest BCUT2D eigenvalue weighted by Gasteiger charge is -2.01. The minimum Gasteiger partial charge on any atom is -0.335 e. The first-order valence-corrected chi connectivity index (χ1v) is 3.09. The molecule has 0 atom stereocenters. The van der Waals surface area contributed by atoms with Crippen molar-refractivity contribution in [2.24, 2.45) is 0 Å². The Morgan fingerprint density at radius 2 is 2.17 bits per heavy atom. The number of hydrogen-bond donors (Lipinski definition) is 2. The van der Waals surface area contributed by atoms with Gasteiger partial charge in [-0.05, 0) is 6.92 Å². The molecule has 0 bridgehead atoms. The second-order valence-electron chi connectivity index (χ2n) is 2.20. The fourth-order valence-electron chi connectivity index (χ4n) is 0.789. The molecule has 0 aromatic carbocycles. The van der Waals surface area contributed by atoms with E-state index >= 15 is 0 Å². The topological polar surface area (TPSA) is 105 Å². The van der Waals surface area contributed by atoms with Crippen molar-refractivity contribution in [1.82, 2.24) is 9.66 Å². The highest BCUT2D eigenvalue weighted by Gasteiger charge is 2.07.